The maximum Gasteiger partial charge on any atom is 0.122 e. The fraction of sp³-hybridized carbons (Fsp3) is 0.571. The first-order chi connectivity index (χ1) is 16.4. The van der Waals surface area contributed by atoms with E-state index >= 15 is 0 Å². The standard InChI is InChI=1S/C15H23NO2.C11H15NO2.C2H6/c1-2-3-7-16-8-6-12(11-16)9-13-4-5-14(17)10-15(13)18;13-10-2-1-9(11(14)6-10)5-8-3-4-12-7-8;1-2/h4-5,10,12,17-18H,2-3,6-9,11H2,1H3;1-2,6,8,12-14H,3-5,7H2;1-2H3. The molecule has 2 aromatic rings. The van der Waals surface area contributed by atoms with Crippen LogP contribution in [0.1, 0.15) is 57.6 Å². The molecule has 0 spiro atoms. The molecule has 6 nitrogen and oxygen atoms in total. The van der Waals surface area contributed by atoms with Gasteiger partial charge in [-0.1, -0.05) is 39.3 Å². The molecule has 0 aliphatic carbocycles. The van der Waals surface area contributed by atoms with E-state index in [4.69, 9.17) is 5.11 Å². The molecule has 2 saturated heterocycles. The zero-order valence-electron chi connectivity index (χ0n) is 21.1. The Labute approximate surface area is 205 Å². The molecule has 2 unspecified atom stereocenters. The molecular weight excluding hydrogens is 428 g/mol. The van der Waals surface area contributed by atoms with Crippen LogP contribution in [-0.2, 0) is 12.8 Å². The lowest BCUT2D eigenvalue weighted by atomic mass is 9.98. The van der Waals surface area contributed by atoms with Crippen LogP contribution in [0.4, 0.5) is 0 Å². The lowest BCUT2D eigenvalue weighted by Crippen LogP contribution is -2.22. The van der Waals surface area contributed by atoms with Crippen molar-refractivity contribution < 1.29 is 20.4 Å². The van der Waals surface area contributed by atoms with E-state index in [1.807, 2.05) is 19.9 Å². The van der Waals surface area contributed by atoms with Gasteiger partial charge in [0.1, 0.15) is 23.0 Å². The summed E-state index contributed by atoms with van der Waals surface area (Å²) < 4.78 is 0. The SMILES string of the molecule is CC.CCCCN1CCC(Cc2ccc(O)cc2O)C1.Oc1ccc(CC2CCNC2)c(O)c1. The minimum atomic E-state index is 0.121. The van der Waals surface area contributed by atoms with Gasteiger partial charge in [0, 0.05) is 18.7 Å². The third-order valence-corrected chi connectivity index (χ3v) is 6.52. The first kappa shape index (κ1) is 27.8. The quantitative estimate of drug-likeness (QED) is 0.388. The average molecular weight is 473 g/mol. The van der Waals surface area contributed by atoms with Crippen LogP contribution in [0, 0.1) is 11.8 Å². The second-order valence-corrected chi connectivity index (χ2v) is 9.20. The van der Waals surface area contributed by atoms with Gasteiger partial charge in [0.05, 0.1) is 0 Å². The monoisotopic (exact) mass is 472 g/mol. The second-order valence-electron chi connectivity index (χ2n) is 9.20. The number of unbranched alkanes of at least 4 members (excludes halogenated alkanes) is 1. The van der Waals surface area contributed by atoms with Crippen molar-refractivity contribution >= 4 is 0 Å². The van der Waals surface area contributed by atoms with Crippen molar-refractivity contribution in [3.8, 4) is 23.0 Å². The number of phenols is 4. The largest absolute Gasteiger partial charge is 0.508 e. The molecule has 4 rings (SSSR count). The number of nitrogens with one attached hydrogen (secondary N) is 1. The highest BCUT2D eigenvalue weighted by Crippen LogP contribution is 2.28. The van der Waals surface area contributed by atoms with Crippen molar-refractivity contribution in [2.45, 2.75) is 59.3 Å². The fourth-order valence-electron chi connectivity index (χ4n) is 4.62. The maximum atomic E-state index is 9.79. The van der Waals surface area contributed by atoms with E-state index in [1.165, 1.54) is 50.9 Å². The molecular formula is C28H44N2O4. The fourth-order valence-corrected chi connectivity index (χ4v) is 4.62. The lowest BCUT2D eigenvalue weighted by molar-refractivity contribution is 0.317. The van der Waals surface area contributed by atoms with Crippen molar-refractivity contribution in [1.82, 2.24) is 10.2 Å². The number of rotatable bonds is 7. The molecule has 0 amide bonds. The number of nitrogens with zero attached hydrogens (tertiary/aromatic N) is 1. The number of hydrogen-bond donors (Lipinski definition) is 5. The average Bonchev–Trinajstić information content (AvgIpc) is 3.50. The molecule has 2 atom stereocenters. The normalized spacial score (nSPS) is 19.7. The third-order valence-electron chi connectivity index (χ3n) is 6.52. The Hall–Kier alpha value is -2.44. The molecule has 5 N–H and O–H groups in total. The third kappa shape index (κ3) is 9.07. The van der Waals surface area contributed by atoms with Gasteiger partial charge < -0.3 is 30.6 Å². The van der Waals surface area contributed by atoms with E-state index in [2.05, 4.69) is 17.1 Å². The van der Waals surface area contributed by atoms with Crippen LogP contribution in [0.15, 0.2) is 36.4 Å². The van der Waals surface area contributed by atoms with Crippen molar-refractivity contribution in [2.24, 2.45) is 11.8 Å². The first-order valence-corrected chi connectivity index (χ1v) is 12.9. The van der Waals surface area contributed by atoms with Crippen LogP contribution in [0.5, 0.6) is 23.0 Å². The van der Waals surface area contributed by atoms with Crippen LogP contribution in [-0.4, -0.2) is 58.0 Å². The molecule has 2 fully saturated rings. The molecule has 2 aliphatic rings. The van der Waals surface area contributed by atoms with Crippen LogP contribution >= 0.6 is 0 Å². The van der Waals surface area contributed by atoms with Crippen molar-refractivity contribution in [3.63, 3.8) is 0 Å². The zero-order chi connectivity index (χ0) is 24.9. The van der Waals surface area contributed by atoms with Crippen molar-refractivity contribution in [3.05, 3.63) is 47.5 Å². The van der Waals surface area contributed by atoms with Gasteiger partial charge in [-0.15, -0.1) is 0 Å². The van der Waals surface area contributed by atoms with Gasteiger partial charge in [0.25, 0.3) is 0 Å². The smallest absolute Gasteiger partial charge is 0.122 e. The van der Waals surface area contributed by atoms with Gasteiger partial charge in [-0.05, 0) is 93.4 Å². The second kappa shape index (κ2) is 14.7. The molecule has 6 heteroatoms. The molecule has 190 valence electrons. The Balaban J connectivity index is 0.000000230. The molecule has 2 heterocycles. The van der Waals surface area contributed by atoms with Gasteiger partial charge >= 0.3 is 0 Å². The summed E-state index contributed by atoms with van der Waals surface area (Å²) in [6.07, 6.45) is 6.70. The summed E-state index contributed by atoms with van der Waals surface area (Å²) in [6, 6.07) is 9.73. The number of benzene rings is 2. The highest BCUT2D eigenvalue weighted by atomic mass is 16.3. The van der Waals surface area contributed by atoms with Crippen molar-refractivity contribution in [2.75, 3.05) is 32.7 Å². The summed E-state index contributed by atoms with van der Waals surface area (Å²) >= 11 is 0. The molecule has 2 aromatic carbocycles. The molecule has 0 saturated carbocycles. The molecule has 2 aliphatic heterocycles. The first-order valence-electron chi connectivity index (χ1n) is 12.9. The Morgan fingerprint density at radius 2 is 1.44 bits per heavy atom. The van der Waals surface area contributed by atoms with Gasteiger partial charge in [0.2, 0.25) is 0 Å². The van der Waals surface area contributed by atoms with Gasteiger partial charge in [-0.2, -0.15) is 0 Å². The predicted octanol–water partition coefficient (Wildman–Crippen LogP) is 5.04. The number of phenolic OH excluding ortho intramolecular Hbond substituents is 4. The van der Waals surface area contributed by atoms with E-state index < -0.39 is 0 Å². The minimum absolute atomic E-state index is 0.121. The van der Waals surface area contributed by atoms with Gasteiger partial charge in [0.15, 0.2) is 0 Å². The summed E-state index contributed by atoms with van der Waals surface area (Å²) in [7, 11) is 0. The highest BCUT2D eigenvalue weighted by Gasteiger charge is 2.23. The van der Waals surface area contributed by atoms with E-state index in [1.54, 1.807) is 18.2 Å². The number of aromatic hydroxyl groups is 4. The Bertz CT molecular complexity index is 852. The Morgan fingerprint density at radius 3 is 1.94 bits per heavy atom. The number of likely N-dealkylation sites (tertiary alicyclic amines) is 1. The van der Waals surface area contributed by atoms with Crippen LogP contribution < -0.4 is 5.32 Å². The maximum absolute atomic E-state index is 9.79. The molecule has 34 heavy (non-hydrogen) atoms. The summed E-state index contributed by atoms with van der Waals surface area (Å²) in [5.41, 5.74) is 1.88. The Morgan fingerprint density at radius 1 is 0.853 bits per heavy atom. The summed E-state index contributed by atoms with van der Waals surface area (Å²) in [5.74, 6) is 1.93. The summed E-state index contributed by atoms with van der Waals surface area (Å²) in [5, 5.41) is 41.0. The molecule has 0 aromatic heterocycles. The lowest BCUT2D eigenvalue weighted by Gasteiger charge is -2.15. The van der Waals surface area contributed by atoms with E-state index in [0.717, 1.165) is 43.6 Å². The zero-order valence-corrected chi connectivity index (χ0v) is 21.1. The highest BCUT2D eigenvalue weighted by molar-refractivity contribution is 5.40. The van der Waals surface area contributed by atoms with E-state index in [9.17, 15) is 15.3 Å². The summed E-state index contributed by atoms with van der Waals surface area (Å²) in [6.45, 7) is 11.9. The molecule has 0 radical (unpaired) electrons. The van der Waals surface area contributed by atoms with Crippen LogP contribution in [0.25, 0.3) is 0 Å². The van der Waals surface area contributed by atoms with Crippen molar-refractivity contribution in [1.29, 1.82) is 0 Å². The summed E-state index contributed by atoms with van der Waals surface area (Å²) in [4.78, 5) is 2.52. The predicted molar refractivity (Wildman–Crippen MR) is 139 cm³/mol. The minimum Gasteiger partial charge on any atom is -0.508 e. The topological polar surface area (TPSA) is 96.2 Å². The molecule has 0 bridgehead atoms. The van der Waals surface area contributed by atoms with Gasteiger partial charge in [-0.25, -0.2) is 0 Å². The van der Waals surface area contributed by atoms with Gasteiger partial charge in [-0.3, -0.25) is 0 Å². The van der Waals surface area contributed by atoms with E-state index in [-0.39, 0.29) is 23.0 Å². The van der Waals surface area contributed by atoms with E-state index in [0.29, 0.717) is 11.8 Å². The Kier molecular flexibility index (Phi) is 12.1. The van der Waals surface area contributed by atoms with Crippen LogP contribution in [0.2, 0.25) is 0 Å². The number of hydrogen-bond acceptors (Lipinski definition) is 6. The van der Waals surface area contributed by atoms with Crippen LogP contribution in [0.3, 0.4) is 0 Å².